The van der Waals surface area contributed by atoms with Gasteiger partial charge in [0.1, 0.15) is 25.0 Å². The highest BCUT2D eigenvalue weighted by Gasteiger charge is 2.20. The van der Waals surface area contributed by atoms with Gasteiger partial charge in [0, 0.05) is 16.9 Å². The Bertz CT molecular complexity index is 636. The first kappa shape index (κ1) is 13.3. The molecule has 1 atom stereocenters. The molecule has 2 aromatic carbocycles. The Kier molecular flexibility index (Phi) is 3.64. The molecule has 1 aliphatic rings. The fourth-order valence-corrected chi connectivity index (χ4v) is 2.04. The number of nitrogens with zero attached hydrogens (tertiary/aromatic N) is 1. The second kappa shape index (κ2) is 5.75. The van der Waals surface area contributed by atoms with Gasteiger partial charge in [-0.15, -0.1) is 0 Å². The molecule has 2 aromatic rings. The van der Waals surface area contributed by atoms with Crippen molar-refractivity contribution in [3.8, 4) is 5.75 Å². The minimum Gasteiger partial charge on any atom is -0.491 e. The van der Waals surface area contributed by atoms with E-state index in [0.29, 0.717) is 19.1 Å². The molecular weight excluding hydrogens is 266 g/mol. The summed E-state index contributed by atoms with van der Waals surface area (Å²) >= 11 is 0. The molecule has 21 heavy (non-hydrogen) atoms. The maximum absolute atomic E-state index is 5.69. The third kappa shape index (κ3) is 3.25. The highest BCUT2D eigenvalue weighted by atomic mass is 16.5. The molecule has 0 spiro atoms. The summed E-state index contributed by atoms with van der Waals surface area (Å²) in [5, 5.41) is 0. The summed E-state index contributed by atoms with van der Waals surface area (Å²) < 4.78 is 11.3. The summed E-state index contributed by atoms with van der Waals surface area (Å²) in [7, 11) is 0. The number of ether oxygens (including phenoxy) is 2. The Morgan fingerprint density at radius 1 is 1.00 bits per heavy atom. The molecule has 0 saturated carbocycles. The molecule has 0 fully saturated rings. The molecule has 4 N–H and O–H groups in total. The second-order valence-electron chi connectivity index (χ2n) is 4.90. The lowest BCUT2D eigenvalue weighted by Crippen LogP contribution is -2.16. The van der Waals surface area contributed by atoms with Gasteiger partial charge in [-0.25, -0.2) is 4.99 Å². The van der Waals surface area contributed by atoms with E-state index in [-0.39, 0.29) is 6.04 Å². The maximum Gasteiger partial charge on any atom is 0.216 e. The molecule has 108 valence electrons. The van der Waals surface area contributed by atoms with Gasteiger partial charge in [-0.1, -0.05) is 0 Å². The summed E-state index contributed by atoms with van der Waals surface area (Å²) in [4.78, 5) is 4.52. The largest absolute Gasteiger partial charge is 0.491 e. The van der Waals surface area contributed by atoms with Crippen LogP contribution in [-0.2, 0) is 4.74 Å². The Hall–Kier alpha value is -2.69. The average Bonchev–Trinajstić information content (AvgIpc) is 2.96. The van der Waals surface area contributed by atoms with E-state index in [1.807, 2.05) is 48.5 Å². The standard InChI is InChI=1S/C16H17N3O2/c17-12-3-1-11(2-4-12)16-19-14(10-21-16)9-20-15-7-5-13(18)6-8-15/h1-8,14H,9-10,17-18H2. The van der Waals surface area contributed by atoms with Crippen LogP contribution in [0.3, 0.4) is 0 Å². The molecule has 5 nitrogen and oxygen atoms in total. The van der Waals surface area contributed by atoms with Gasteiger partial charge in [-0.2, -0.15) is 0 Å². The molecule has 0 amide bonds. The Morgan fingerprint density at radius 3 is 2.29 bits per heavy atom. The molecule has 5 heteroatoms. The predicted molar refractivity (Wildman–Crippen MR) is 83.5 cm³/mol. The van der Waals surface area contributed by atoms with Crippen LogP contribution in [0.25, 0.3) is 0 Å². The summed E-state index contributed by atoms with van der Waals surface area (Å²) in [5.74, 6) is 1.42. The Morgan fingerprint density at radius 2 is 1.62 bits per heavy atom. The van der Waals surface area contributed by atoms with Crippen LogP contribution in [0.1, 0.15) is 5.56 Å². The lowest BCUT2D eigenvalue weighted by molar-refractivity contribution is 0.243. The molecular formula is C16H17N3O2. The lowest BCUT2D eigenvalue weighted by Gasteiger charge is -2.08. The van der Waals surface area contributed by atoms with Crippen LogP contribution in [-0.4, -0.2) is 25.2 Å². The number of rotatable bonds is 4. The summed E-state index contributed by atoms with van der Waals surface area (Å²) in [6.07, 6.45) is 0. The molecule has 0 saturated heterocycles. The number of nitrogen functional groups attached to an aromatic ring is 2. The van der Waals surface area contributed by atoms with Gasteiger partial charge < -0.3 is 20.9 Å². The van der Waals surface area contributed by atoms with Crippen LogP contribution in [0.15, 0.2) is 53.5 Å². The van der Waals surface area contributed by atoms with Crippen molar-refractivity contribution in [3.63, 3.8) is 0 Å². The fraction of sp³-hybridized carbons (Fsp3) is 0.188. The predicted octanol–water partition coefficient (Wildman–Crippen LogP) is 2.08. The van der Waals surface area contributed by atoms with E-state index in [4.69, 9.17) is 20.9 Å². The molecule has 0 bridgehead atoms. The van der Waals surface area contributed by atoms with E-state index in [1.165, 1.54) is 0 Å². The first-order valence-corrected chi connectivity index (χ1v) is 6.75. The van der Waals surface area contributed by atoms with Crippen LogP contribution in [0, 0.1) is 0 Å². The van der Waals surface area contributed by atoms with Gasteiger partial charge in [0.15, 0.2) is 0 Å². The van der Waals surface area contributed by atoms with Crippen LogP contribution in [0.4, 0.5) is 11.4 Å². The second-order valence-corrected chi connectivity index (χ2v) is 4.90. The van der Waals surface area contributed by atoms with Gasteiger partial charge in [0.25, 0.3) is 0 Å². The lowest BCUT2D eigenvalue weighted by atomic mass is 10.2. The third-order valence-corrected chi connectivity index (χ3v) is 3.19. The number of nitrogens with two attached hydrogens (primary N) is 2. The third-order valence-electron chi connectivity index (χ3n) is 3.19. The normalized spacial score (nSPS) is 17.1. The summed E-state index contributed by atoms with van der Waals surface area (Å²) in [5.41, 5.74) is 13.7. The fourth-order valence-electron chi connectivity index (χ4n) is 2.04. The highest BCUT2D eigenvalue weighted by molar-refractivity contribution is 5.95. The van der Waals surface area contributed by atoms with Crippen LogP contribution in [0.2, 0.25) is 0 Å². The van der Waals surface area contributed by atoms with Crippen molar-refractivity contribution in [2.24, 2.45) is 4.99 Å². The van der Waals surface area contributed by atoms with Crippen molar-refractivity contribution in [1.82, 2.24) is 0 Å². The summed E-state index contributed by atoms with van der Waals surface area (Å²) in [6.45, 7) is 0.997. The molecule has 3 rings (SSSR count). The van der Waals surface area contributed by atoms with Crippen LogP contribution >= 0.6 is 0 Å². The first-order chi connectivity index (χ1) is 10.2. The van der Waals surface area contributed by atoms with Crippen molar-refractivity contribution < 1.29 is 9.47 Å². The molecule has 0 aromatic heterocycles. The topological polar surface area (TPSA) is 82.9 Å². The van der Waals surface area contributed by atoms with Gasteiger partial charge in [-0.05, 0) is 48.5 Å². The number of anilines is 2. The molecule has 1 aliphatic heterocycles. The SMILES string of the molecule is Nc1ccc(OCC2COC(c3ccc(N)cc3)=N2)cc1. The molecule has 0 radical (unpaired) electrons. The van der Waals surface area contributed by atoms with Crippen molar-refractivity contribution >= 4 is 17.3 Å². The average molecular weight is 283 g/mol. The smallest absolute Gasteiger partial charge is 0.216 e. The summed E-state index contributed by atoms with van der Waals surface area (Å²) in [6, 6.07) is 14.8. The van der Waals surface area contributed by atoms with E-state index in [9.17, 15) is 0 Å². The van der Waals surface area contributed by atoms with E-state index >= 15 is 0 Å². The number of hydrogen-bond acceptors (Lipinski definition) is 5. The molecule has 0 aliphatic carbocycles. The zero-order valence-corrected chi connectivity index (χ0v) is 11.5. The van der Waals surface area contributed by atoms with Gasteiger partial charge >= 0.3 is 0 Å². The number of hydrogen-bond donors (Lipinski definition) is 2. The highest BCUT2D eigenvalue weighted by Crippen LogP contribution is 2.17. The Balaban J connectivity index is 1.60. The number of benzene rings is 2. The van der Waals surface area contributed by atoms with E-state index in [1.54, 1.807) is 0 Å². The Labute approximate surface area is 123 Å². The van der Waals surface area contributed by atoms with Crippen molar-refractivity contribution in [2.75, 3.05) is 24.7 Å². The van der Waals surface area contributed by atoms with Gasteiger partial charge in [0.2, 0.25) is 5.90 Å². The van der Waals surface area contributed by atoms with E-state index < -0.39 is 0 Å². The van der Waals surface area contributed by atoms with E-state index in [2.05, 4.69) is 4.99 Å². The van der Waals surface area contributed by atoms with Crippen molar-refractivity contribution in [3.05, 3.63) is 54.1 Å². The monoisotopic (exact) mass is 283 g/mol. The van der Waals surface area contributed by atoms with Crippen LogP contribution < -0.4 is 16.2 Å². The van der Waals surface area contributed by atoms with Crippen LogP contribution in [0.5, 0.6) is 5.75 Å². The first-order valence-electron chi connectivity index (χ1n) is 6.75. The minimum absolute atomic E-state index is 0.00453. The van der Waals surface area contributed by atoms with Gasteiger partial charge in [-0.3, -0.25) is 0 Å². The van der Waals surface area contributed by atoms with E-state index in [0.717, 1.165) is 22.7 Å². The zero-order valence-electron chi connectivity index (χ0n) is 11.5. The minimum atomic E-state index is -0.00453. The van der Waals surface area contributed by atoms with Crippen molar-refractivity contribution in [1.29, 1.82) is 0 Å². The zero-order chi connectivity index (χ0) is 14.7. The van der Waals surface area contributed by atoms with Gasteiger partial charge in [0.05, 0.1) is 0 Å². The quantitative estimate of drug-likeness (QED) is 0.841. The molecule has 1 heterocycles. The number of aliphatic imine (C=N–C) groups is 1. The molecule has 1 unspecified atom stereocenters. The maximum atomic E-state index is 5.69. The van der Waals surface area contributed by atoms with Crippen molar-refractivity contribution in [2.45, 2.75) is 6.04 Å².